The molecule has 15 heavy (non-hydrogen) atoms. The summed E-state index contributed by atoms with van der Waals surface area (Å²) in [6, 6.07) is 0. The molecule has 0 bridgehead atoms. The number of aliphatic hydroxyl groups excluding tert-OH is 1. The smallest absolute Gasteiger partial charge is 0.130 e. The van der Waals surface area contributed by atoms with E-state index in [1.807, 2.05) is 18.5 Å². The third kappa shape index (κ3) is 3.05. The summed E-state index contributed by atoms with van der Waals surface area (Å²) in [4.78, 5) is 4.28. The zero-order chi connectivity index (χ0) is 11.4. The Balaban J connectivity index is 2.68. The second-order valence-corrected chi connectivity index (χ2v) is 4.66. The molecule has 1 heterocycles. The monoisotopic (exact) mass is 274 g/mol. The number of hydrogen-bond acceptors (Lipinski definition) is 2. The number of imidazole rings is 1. The number of nitrogens with zero attached hydrogens (tertiary/aromatic N) is 2. The molecule has 0 unspecified atom stereocenters. The fourth-order valence-corrected chi connectivity index (χ4v) is 2.46. The van der Waals surface area contributed by atoms with E-state index in [-0.39, 0.29) is 0 Å². The highest BCUT2D eigenvalue weighted by atomic mass is 79.9. The van der Waals surface area contributed by atoms with Crippen LogP contribution >= 0.6 is 15.9 Å². The molecule has 0 aliphatic heterocycles. The highest BCUT2D eigenvalue weighted by molar-refractivity contribution is 9.10. The van der Waals surface area contributed by atoms with Gasteiger partial charge in [0.15, 0.2) is 0 Å². The minimum atomic E-state index is -0.405. The molecule has 0 spiro atoms. The molecule has 1 aromatic heterocycles. The molecule has 0 fully saturated rings. The van der Waals surface area contributed by atoms with Crippen LogP contribution in [0.25, 0.3) is 0 Å². The van der Waals surface area contributed by atoms with Crippen LogP contribution in [0.3, 0.4) is 0 Å². The Morgan fingerprint density at radius 1 is 1.47 bits per heavy atom. The Kier molecular flexibility index (Phi) is 4.80. The average Bonchev–Trinajstić information content (AvgIpc) is 2.41. The molecule has 86 valence electrons. The molecule has 1 rings (SSSR count). The van der Waals surface area contributed by atoms with Gasteiger partial charge >= 0.3 is 0 Å². The average molecular weight is 275 g/mol. The Morgan fingerprint density at radius 2 is 2.13 bits per heavy atom. The molecule has 0 saturated heterocycles. The molecule has 0 radical (unpaired) electrons. The van der Waals surface area contributed by atoms with Crippen molar-refractivity contribution in [2.75, 3.05) is 0 Å². The van der Waals surface area contributed by atoms with Crippen molar-refractivity contribution in [1.82, 2.24) is 9.55 Å². The van der Waals surface area contributed by atoms with E-state index in [1.54, 1.807) is 0 Å². The Labute approximate surface area is 99.7 Å². The van der Waals surface area contributed by atoms with Crippen molar-refractivity contribution < 1.29 is 5.11 Å². The first kappa shape index (κ1) is 12.7. The summed E-state index contributed by atoms with van der Waals surface area (Å²) in [5, 5.41) is 10.0. The first-order chi connectivity index (χ1) is 7.07. The van der Waals surface area contributed by atoms with Gasteiger partial charge < -0.3 is 9.67 Å². The molecule has 1 N–H and O–H groups in total. The van der Waals surface area contributed by atoms with Crippen LogP contribution in [0.5, 0.6) is 0 Å². The molecule has 3 nitrogen and oxygen atoms in total. The summed E-state index contributed by atoms with van der Waals surface area (Å²) in [7, 11) is 1.94. The van der Waals surface area contributed by atoms with Crippen molar-refractivity contribution in [3.05, 3.63) is 16.1 Å². The molecule has 0 aliphatic carbocycles. The highest BCUT2D eigenvalue weighted by Gasteiger charge is 2.17. The minimum Gasteiger partial charge on any atom is -0.387 e. The van der Waals surface area contributed by atoms with E-state index >= 15 is 0 Å². The highest BCUT2D eigenvalue weighted by Crippen LogP contribution is 2.27. The van der Waals surface area contributed by atoms with Crippen LogP contribution in [0.4, 0.5) is 0 Å². The number of hydrogen-bond donors (Lipinski definition) is 1. The van der Waals surface area contributed by atoms with Crippen LogP contribution in [0.2, 0.25) is 0 Å². The van der Waals surface area contributed by atoms with Crippen molar-refractivity contribution in [2.24, 2.45) is 7.05 Å². The molecule has 4 heteroatoms. The van der Waals surface area contributed by atoms with Crippen LogP contribution in [-0.2, 0) is 7.05 Å². The van der Waals surface area contributed by atoms with Crippen molar-refractivity contribution >= 4 is 15.9 Å². The molecule has 0 aliphatic rings. The van der Waals surface area contributed by atoms with Gasteiger partial charge in [0.1, 0.15) is 10.4 Å². The summed E-state index contributed by atoms with van der Waals surface area (Å²) in [6.07, 6.45) is 3.82. The van der Waals surface area contributed by atoms with Gasteiger partial charge in [-0.25, -0.2) is 4.98 Å². The van der Waals surface area contributed by atoms with Gasteiger partial charge in [-0.3, -0.25) is 0 Å². The molecule has 1 atom stereocenters. The standard InChI is InChI=1S/C11H19BrN2O/c1-4-5-6-7-9(15)10-11(12)13-8(2)14(10)3/h9,15H,4-7H2,1-3H3/t9-/m0/s1. The van der Waals surface area contributed by atoms with Crippen LogP contribution in [0.1, 0.15) is 50.2 Å². The van der Waals surface area contributed by atoms with Crippen LogP contribution in [0.15, 0.2) is 4.60 Å². The van der Waals surface area contributed by atoms with Gasteiger partial charge in [0.25, 0.3) is 0 Å². The van der Waals surface area contributed by atoms with Gasteiger partial charge in [-0.1, -0.05) is 26.2 Å². The summed E-state index contributed by atoms with van der Waals surface area (Å²) in [5.74, 6) is 0.923. The number of halogens is 1. The number of aromatic nitrogens is 2. The second kappa shape index (κ2) is 5.66. The fourth-order valence-electron chi connectivity index (χ4n) is 1.67. The van der Waals surface area contributed by atoms with Gasteiger partial charge in [-0.2, -0.15) is 0 Å². The summed E-state index contributed by atoms with van der Waals surface area (Å²) >= 11 is 3.39. The van der Waals surface area contributed by atoms with Crippen LogP contribution in [0, 0.1) is 6.92 Å². The summed E-state index contributed by atoms with van der Waals surface area (Å²) < 4.78 is 2.72. The molecular weight excluding hydrogens is 256 g/mol. The summed E-state index contributed by atoms with van der Waals surface area (Å²) in [5.41, 5.74) is 0.892. The first-order valence-electron chi connectivity index (χ1n) is 5.44. The number of unbranched alkanes of at least 4 members (excludes halogenated alkanes) is 2. The van der Waals surface area contributed by atoms with E-state index in [0.29, 0.717) is 0 Å². The second-order valence-electron chi connectivity index (χ2n) is 3.91. The lowest BCUT2D eigenvalue weighted by molar-refractivity contribution is 0.154. The van der Waals surface area contributed by atoms with Gasteiger partial charge in [0.05, 0.1) is 11.8 Å². The molecule has 0 amide bonds. The lowest BCUT2D eigenvalue weighted by Crippen LogP contribution is -2.05. The van der Waals surface area contributed by atoms with E-state index in [9.17, 15) is 5.11 Å². The topological polar surface area (TPSA) is 38.1 Å². The van der Waals surface area contributed by atoms with Crippen molar-refractivity contribution in [2.45, 2.75) is 45.6 Å². The molecule has 0 saturated carbocycles. The third-order valence-electron chi connectivity index (χ3n) is 2.71. The van der Waals surface area contributed by atoms with E-state index in [2.05, 4.69) is 27.8 Å². The Morgan fingerprint density at radius 3 is 2.60 bits per heavy atom. The lowest BCUT2D eigenvalue weighted by Gasteiger charge is -2.12. The van der Waals surface area contributed by atoms with Gasteiger partial charge in [0.2, 0.25) is 0 Å². The Bertz CT molecular complexity index is 323. The Hall–Kier alpha value is -0.350. The molecule has 1 aromatic rings. The maximum Gasteiger partial charge on any atom is 0.130 e. The fraction of sp³-hybridized carbons (Fsp3) is 0.727. The van der Waals surface area contributed by atoms with Crippen molar-refractivity contribution in [1.29, 1.82) is 0 Å². The van der Waals surface area contributed by atoms with E-state index in [4.69, 9.17) is 0 Å². The number of aryl methyl sites for hydroxylation is 1. The molecular formula is C11H19BrN2O. The molecule has 0 aromatic carbocycles. The van der Waals surface area contributed by atoms with E-state index in [0.717, 1.165) is 29.0 Å². The van der Waals surface area contributed by atoms with E-state index < -0.39 is 6.10 Å². The zero-order valence-corrected chi connectivity index (χ0v) is 11.2. The van der Waals surface area contributed by atoms with Crippen LogP contribution < -0.4 is 0 Å². The minimum absolute atomic E-state index is 0.405. The predicted octanol–water partition coefficient (Wildman–Crippen LogP) is 3.10. The quantitative estimate of drug-likeness (QED) is 0.838. The van der Waals surface area contributed by atoms with Gasteiger partial charge in [0, 0.05) is 7.05 Å². The third-order valence-corrected chi connectivity index (χ3v) is 3.30. The largest absolute Gasteiger partial charge is 0.387 e. The number of rotatable bonds is 5. The normalized spacial score (nSPS) is 13.1. The predicted molar refractivity (Wildman–Crippen MR) is 64.7 cm³/mol. The van der Waals surface area contributed by atoms with Crippen molar-refractivity contribution in [3.63, 3.8) is 0 Å². The summed E-state index contributed by atoms with van der Waals surface area (Å²) in [6.45, 7) is 4.10. The first-order valence-corrected chi connectivity index (χ1v) is 6.24. The zero-order valence-electron chi connectivity index (χ0n) is 9.63. The maximum atomic E-state index is 10.0. The number of aliphatic hydroxyl groups is 1. The maximum absolute atomic E-state index is 10.0. The van der Waals surface area contributed by atoms with Crippen molar-refractivity contribution in [3.8, 4) is 0 Å². The van der Waals surface area contributed by atoms with Gasteiger partial charge in [-0.15, -0.1) is 0 Å². The van der Waals surface area contributed by atoms with E-state index in [1.165, 1.54) is 12.8 Å². The van der Waals surface area contributed by atoms with Gasteiger partial charge in [-0.05, 0) is 29.3 Å². The van der Waals surface area contributed by atoms with Crippen LogP contribution in [-0.4, -0.2) is 14.7 Å². The SMILES string of the molecule is CCCCC[C@H](O)c1c(Br)nc(C)n1C. The lowest BCUT2D eigenvalue weighted by atomic mass is 10.1.